The van der Waals surface area contributed by atoms with Gasteiger partial charge in [-0.2, -0.15) is 4.31 Å². The fourth-order valence-corrected chi connectivity index (χ4v) is 4.06. The molecule has 1 atom stereocenters. The molecule has 24 heavy (non-hydrogen) atoms. The summed E-state index contributed by atoms with van der Waals surface area (Å²) in [5.74, 6) is 0.700. The highest BCUT2D eigenvalue weighted by molar-refractivity contribution is 7.89. The van der Waals surface area contributed by atoms with Crippen molar-refractivity contribution in [1.29, 1.82) is 0 Å². The van der Waals surface area contributed by atoms with Crippen LogP contribution in [0.15, 0.2) is 35.9 Å². The maximum atomic E-state index is 12.7. The predicted octanol–water partition coefficient (Wildman–Crippen LogP) is 2.01. The van der Waals surface area contributed by atoms with E-state index in [2.05, 4.69) is 9.97 Å². The quantitative estimate of drug-likeness (QED) is 0.824. The van der Waals surface area contributed by atoms with Crippen LogP contribution in [0.2, 0.25) is 0 Å². The lowest BCUT2D eigenvalue weighted by Gasteiger charge is -2.16. The van der Waals surface area contributed by atoms with Gasteiger partial charge in [-0.05, 0) is 39.3 Å². The molecule has 1 aliphatic heterocycles. The first-order valence-electron chi connectivity index (χ1n) is 8.00. The van der Waals surface area contributed by atoms with Gasteiger partial charge in [0, 0.05) is 25.0 Å². The van der Waals surface area contributed by atoms with Crippen LogP contribution in [-0.2, 0) is 10.0 Å². The summed E-state index contributed by atoms with van der Waals surface area (Å²) in [7, 11) is -3.58. The van der Waals surface area contributed by atoms with Crippen LogP contribution < -0.4 is 4.74 Å². The molecule has 2 aromatic rings. The van der Waals surface area contributed by atoms with Gasteiger partial charge in [0.1, 0.15) is 11.9 Å². The normalized spacial score (nSPS) is 19.1. The second-order valence-electron chi connectivity index (χ2n) is 6.23. The minimum absolute atomic E-state index is 0.0920. The van der Waals surface area contributed by atoms with Crippen molar-refractivity contribution in [2.75, 3.05) is 13.1 Å². The highest BCUT2D eigenvalue weighted by Crippen LogP contribution is 2.24. The number of aromatic nitrogens is 3. The Morgan fingerprint density at radius 3 is 2.79 bits per heavy atom. The Morgan fingerprint density at radius 2 is 2.12 bits per heavy atom. The average molecular weight is 350 g/mol. The molecular formula is C16H22N4O3S. The Kier molecular flexibility index (Phi) is 4.60. The molecule has 3 rings (SSSR count). The Morgan fingerprint density at radius 1 is 1.33 bits per heavy atom. The Balaban J connectivity index is 1.71. The Labute approximate surface area is 142 Å². The SMILES string of the molecule is Cc1ncccc1O[C@@H]1CCN(S(=O)(=O)c2cn(C(C)C)cn2)C1. The molecule has 0 saturated carbocycles. The van der Waals surface area contributed by atoms with Crippen molar-refractivity contribution in [3.63, 3.8) is 0 Å². The van der Waals surface area contributed by atoms with Crippen molar-refractivity contribution in [3.8, 4) is 5.75 Å². The molecule has 1 saturated heterocycles. The lowest BCUT2D eigenvalue weighted by molar-refractivity contribution is 0.213. The summed E-state index contributed by atoms with van der Waals surface area (Å²) in [6, 6.07) is 3.83. The highest BCUT2D eigenvalue weighted by atomic mass is 32.2. The molecule has 0 spiro atoms. The van der Waals surface area contributed by atoms with Crippen LogP contribution in [0.1, 0.15) is 32.0 Å². The molecule has 1 aliphatic rings. The average Bonchev–Trinajstić information content (AvgIpc) is 3.19. The van der Waals surface area contributed by atoms with Crippen LogP contribution in [-0.4, -0.2) is 46.5 Å². The summed E-state index contributed by atoms with van der Waals surface area (Å²) in [4.78, 5) is 8.25. The van der Waals surface area contributed by atoms with E-state index < -0.39 is 10.0 Å². The molecule has 0 N–H and O–H groups in total. The third-order valence-electron chi connectivity index (χ3n) is 4.14. The zero-order valence-corrected chi connectivity index (χ0v) is 14.9. The van der Waals surface area contributed by atoms with Crippen molar-refractivity contribution in [3.05, 3.63) is 36.5 Å². The van der Waals surface area contributed by atoms with Gasteiger partial charge < -0.3 is 9.30 Å². The second kappa shape index (κ2) is 6.52. The van der Waals surface area contributed by atoms with Gasteiger partial charge >= 0.3 is 0 Å². The summed E-state index contributed by atoms with van der Waals surface area (Å²) in [5.41, 5.74) is 0.800. The van der Waals surface area contributed by atoms with E-state index in [4.69, 9.17) is 4.74 Å². The molecule has 3 heterocycles. The van der Waals surface area contributed by atoms with Gasteiger partial charge in [0.25, 0.3) is 10.0 Å². The van der Waals surface area contributed by atoms with Gasteiger partial charge in [0.15, 0.2) is 5.03 Å². The van der Waals surface area contributed by atoms with E-state index in [0.29, 0.717) is 25.3 Å². The smallest absolute Gasteiger partial charge is 0.262 e. The van der Waals surface area contributed by atoms with Crippen molar-refractivity contribution in [2.45, 2.75) is 44.4 Å². The molecule has 0 radical (unpaired) electrons. The third-order valence-corrected chi connectivity index (χ3v) is 5.89. The minimum Gasteiger partial charge on any atom is -0.487 e. The molecule has 0 aromatic carbocycles. The first-order chi connectivity index (χ1) is 11.4. The van der Waals surface area contributed by atoms with E-state index in [1.54, 1.807) is 23.3 Å². The zero-order valence-electron chi connectivity index (χ0n) is 14.1. The zero-order chi connectivity index (χ0) is 17.3. The van der Waals surface area contributed by atoms with E-state index in [0.717, 1.165) is 5.69 Å². The van der Waals surface area contributed by atoms with E-state index in [1.807, 2.05) is 32.9 Å². The molecule has 0 aliphatic carbocycles. The van der Waals surface area contributed by atoms with Crippen molar-refractivity contribution in [2.24, 2.45) is 0 Å². The number of sulfonamides is 1. The van der Waals surface area contributed by atoms with Gasteiger partial charge in [-0.1, -0.05) is 0 Å². The lowest BCUT2D eigenvalue weighted by atomic mass is 10.3. The molecule has 0 bridgehead atoms. The van der Waals surface area contributed by atoms with E-state index in [-0.39, 0.29) is 17.2 Å². The third kappa shape index (κ3) is 3.29. The molecule has 7 nitrogen and oxygen atoms in total. The highest BCUT2D eigenvalue weighted by Gasteiger charge is 2.35. The standard InChI is InChI=1S/C16H22N4O3S/c1-12(2)19-10-16(18-11-19)24(21,22)20-8-6-14(9-20)23-15-5-4-7-17-13(15)3/h4-5,7,10-12,14H,6,8-9H2,1-3H3/t14-/m1/s1. The molecule has 8 heteroatoms. The predicted molar refractivity (Wildman–Crippen MR) is 89.4 cm³/mol. The molecule has 0 unspecified atom stereocenters. The molecule has 2 aromatic heterocycles. The van der Waals surface area contributed by atoms with E-state index >= 15 is 0 Å². The second-order valence-corrected chi connectivity index (χ2v) is 8.12. The molecule has 0 amide bonds. The minimum atomic E-state index is -3.58. The summed E-state index contributed by atoms with van der Waals surface area (Å²) < 4.78 is 34.6. The number of hydrogen-bond donors (Lipinski definition) is 0. The summed E-state index contributed by atoms with van der Waals surface area (Å²) >= 11 is 0. The summed E-state index contributed by atoms with van der Waals surface area (Å²) in [6.07, 6.45) is 5.33. The van der Waals surface area contributed by atoms with Crippen LogP contribution in [0.5, 0.6) is 5.75 Å². The largest absolute Gasteiger partial charge is 0.487 e. The first-order valence-corrected chi connectivity index (χ1v) is 9.44. The molecule has 1 fully saturated rings. The van der Waals surface area contributed by atoms with Gasteiger partial charge in [-0.15, -0.1) is 0 Å². The van der Waals surface area contributed by atoms with Crippen LogP contribution in [0, 0.1) is 6.92 Å². The topological polar surface area (TPSA) is 77.3 Å². The fraction of sp³-hybridized carbons (Fsp3) is 0.500. The van der Waals surface area contributed by atoms with E-state index in [9.17, 15) is 8.42 Å². The van der Waals surface area contributed by atoms with Crippen molar-refractivity contribution < 1.29 is 13.2 Å². The Hall–Kier alpha value is -1.93. The van der Waals surface area contributed by atoms with Crippen LogP contribution in [0.3, 0.4) is 0 Å². The number of aryl methyl sites for hydroxylation is 1. The van der Waals surface area contributed by atoms with Crippen LogP contribution in [0.4, 0.5) is 0 Å². The Bertz CT molecular complexity index is 816. The number of hydrogen-bond acceptors (Lipinski definition) is 5. The maximum absolute atomic E-state index is 12.7. The first kappa shape index (κ1) is 16.9. The van der Waals surface area contributed by atoms with E-state index in [1.165, 1.54) is 4.31 Å². The lowest BCUT2D eigenvalue weighted by Crippen LogP contribution is -2.31. The summed E-state index contributed by atoms with van der Waals surface area (Å²) in [5, 5.41) is 0.0920. The van der Waals surface area contributed by atoms with Gasteiger partial charge in [0.05, 0.1) is 18.6 Å². The number of rotatable bonds is 5. The number of pyridine rings is 1. The monoisotopic (exact) mass is 350 g/mol. The fourth-order valence-electron chi connectivity index (χ4n) is 2.65. The number of ether oxygens (including phenoxy) is 1. The van der Waals surface area contributed by atoms with Gasteiger partial charge in [0.2, 0.25) is 0 Å². The van der Waals surface area contributed by atoms with Crippen LogP contribution >= 0.6 is 0 Å². The number of imidazole rings is 1. The van der Waals surface area contributed by atoms with Crippen LogP contribution in [0.25, 0.3) is 0 Å². The van der Waals surface area contributed by atoms with Crippen molar-refractivity contribution >= 4 is 10.0 Å². The summed E-state index contributed by atoms with van der Waals surface area (Å²) in [6.45, 7) is 6.59. The van der Waals surface area contributed by atoms with Gasteiger partial charge in [-0.25, -0.2) is 13.4 Å². The molecule has 130 valence electrons. The maximum Gasteiger partial charge on any atom is 0.262 e. The van der Waals surface area contributed by atoms with Crippen molar-refractivity contribution in [1.82, 2.24) is 18.8 Å². The number of nitrogens with zero attached hydrogens (tertiary/aromatic N) is 4. The van der Waals surface area contributed by atoms with Gasteiger partial charge in [-0.3, -0.25) is 4.98 Å². The molecular weight excluding hydrogens is 328 g/mol.